The van der Waals surface area contributed by atoms with E-state index in [1.165, 1.54) is 12.2 Å². The van der Waals surface area contributed by atoms with Gasteiger partial charge in [0.2, 0.25) is 0 Å². The Morgan fingerprint density at radius 2 is 2.32 bits per heavy atom. The van der Waals surface area contributed by atoms with Crippen molar-refractivity contribution in [3.8, 4) is 5.75 Å². The number of hydrogen-bond acceptors (Lipinski definition) is 4. The molecule has 2 heterocycles. The number of thioether (sulfide) groups is 1. The molecule has 0 amide bonds. The van der Waals surface area contributed by atoms with Crippen LogP contribution in [0.25, 0.3) is 0 Å². The summed E-state index contributed by atoms with van der Waals surface area (Å²) in [6.07, 6.45) is 3.38. The molecule has 2 fully saturated rings. The number of hydrogen-bond donors (Lipinski definition) is 1. The summed E-state index contributed by atoms with van der Waals surface area (Å²) in [5.74, 6) is 3.31. The van der Waals surface area contributed by atoms with Gasteiger partial charge in [-0.05, 0) is 37.1 Å². The van der Waals surface area contributed by atoms with Gasteiger partial charge in [-0.25, -0.2) is 0 Å². The van der Waals surface area contributed by atoms with Crippen LogP contribution in [-0.4, -0.2) is 36.9 Å². The lowest BCUT2D eigenvalue weighted by atomic mass is 9.89. The molecule has 0 aliphatic carbocycles. The standard InChI is InChI=1S/C15H21NO2S/c1-17-14-5-3-2-4-13(14)16-12-6-8-18-15(10-12)7-9-19-11-15/h2-5,12,16H,6-11H2,1H3. The summed E-state index contributed by atoms with van der Waals surface area (Å²) in [6.45, 7) is 0.868. The Hall–Kier alpha value is -0.870. The summed E-state index contributed by atoms with van der Waals surface area (Å²) in [7, 11) is 1.72. The van der Waals surface area contributed by atoms with Gasteiger partial charge >= 0.3 is 0 Å². The van der Waals surface area contributed by atoms with Crippen molar-refractivity contribution in [1.29, 1.82) is 0 Å². The topological polar surface area (TPSA) is 30.5 Å². The van der Waals surface area contributed by atoms with E-state index in [1.54, 1.807) is 7.11 Å². The molecule has 2 saturated heterocycles. The van der Waals surface area contributed by atoms with Gasteiger partial charge in [-0.2, -0.15) is 11.8 Å². The van der Waals surface area contributed by atoms with Crippen LogP contribution in [0.3, 0.4) is 0 Å². The van der Waals surface area contributed by atoms with Crippen LogP contribution in [0.2, 0.25) is 0 Å². The highest BCUT2D eigenvalue weighted by molar-refractivity contribution is 7.99. The zero-order chi connectivity index (χ0) is 13.1. The van der Waals surface area contributed by atoms with E-state index in [-0.39, 0.29) is 5.60 Å². The Bertz CT molecular complexity index is 432. The number of benzene rings is 1. The highest BCUT2D eigenvalue weighted by atomic mass is 32.2. The Balaban J connectivity index is 1.69. The van der Waals surface area contributed by atoms with Crippen LogP contribution in [0.4, 0.5) is 5.69 Å². The lowest BCUT2D eigenvalue weighted by Crippen LogP contribution is -2.44. The van der Waals surface area contributed by atoms with Gasteiger partial charge in [0.05, 0.1) is 18.4 Å². The monoisotopic (exact) mass is 279 g/mol. The number of rotatable bonds is 3. The van der Waals surface area contributed by atoms with Crippen molar-refractivity contribution >= 4 is 17.4 Å². The van der Waals surface area contributed by atoms with E-state index in [1.807, 2.05) is 30.0 Å². The molecular weight excluding hydrogens is 258 g/mol. The van der Waals surface area contributed by atoms with Crippen LogP contribution in [0.1, 0.15) is 19.3 Å². The van der Waals surface area contributed by atoms with Crippen molar-refractivity contribution in [2.24, 2.45) is 0 Å². The van der Waals surface area contributed by atoms with Gasteiger partial charge in [-0.15, -0.1) is 0 Å². The molecule has 0 radical (unpaired) electrons. The number of para-hydroxylation sites is 2. The quantitative estimate of drug-likeness (QED) is 0.920. The molecule has 2 unspecified atom stereocenters. The smallest absolute Gasteiger partial charge is 0.141 e. The maximum Gasteiger partial charge on any atom is 0.141 e. The summed E-state index contributed by atoms with van der Waals surface area (Å²) in [5.41, 5.74) is 1.22. The Morgan fingerprint density at radius 1 is 1.42 bits per heavy atom. The molecule has 2 atom stereocenters. The third-order valence-electron chi connectivity index (χ3n) is 4.03. The normalized spacial score (nSPS) is 30.5. The van der Waals surface area contributed by atoms with Gasteiger partial charge in [-0.1, -0.05) is 12.1 Å². The molecule has 1 aromatic rings. The SMILES string of the molecule is COc1ccccc1NC1CCOC2(CCSC2)C1. The average Bonchev–Trinajstić information content (AvgIpc) is 2.87. The molecule has 0 aromatic heterocycles. The number of nitrogens with one attached hydrogen (secondary N) is 1. The van der Waals surface area contributed by atoms with Crippen LogP contribution in [0.5, 0.6) is 5.75 Å². The summed E-state index contributed by atoms with van der Waals surface area (Å²) >= 11 is 2.02. The van der Waals surface area contributed by atoms with Gasteiger partial charge in [0.1, 0.15) is 5.75 Å². The van der Waals surface area contributed by atoms with E-state index in [0.717, 1.165) is 36.6 Å². The largest absolute Gasteiger partial charge is 0.495 e. The molecule has 4 heteroatoms. The van der Waals surface area contributed by atoms with E-state index in [4.69, 9.17) is 9.47 Å². The molecule has 2 aliphatic rings. The zero-order valence-electron chi connectivity index (χ0n) is 11.4. The van der Waals surface area contributed by atoms with E-state index in [9.17, 15) is 0 Å². The predicted octanol–water partition coefficient (Wildman–Crippen LogP) is 3.16. The van der Waals surface area contributed by atoms with Gasteiger partial charge in [0.15, 0.2) is 0 Å². The zero-order valence-corrected chi connectivity index (χ0v) is 12.2. The minimum atomic E-state index is 0.128. The first-order valence-corrected chi connectivity index (χ1v) is 8.08. The number of anilines is 1. The summed E-state index contributed by atoms with van der Waals surface area (Å²) in [6, 6.07) is 8.63. The second kappa shape index (κ2) is 5.63. The van der Waals surface area contributed by atoms with E-state index < -0.39 is 0 Å². The maximum absolute atomic E-state index is 6.06. The molecule has 3 nitrogen and oxygen atoms in total. The molecule has 1 spiro atoms. The van der Waals surface area contributed by atoms with Crippen LogP contribution in [0.15, 0.2) is 24.3 Å². The molecule has 104 valence electrons. The fourth-order valence-corrected chi connectivity index (χ4v) is 4.38. The van der Waals surface area contributed by atoms with Crippen LogP contribution < -0.4 is 10.1 Å². The summed E-state index contributed by atoms with van der Waals surface area (Å²) in [5, 5.41) is 3.64. The molecule has 2 aliphatic heterocycles. The lowest BCUT2D eigenvalue weighted by molar-refractivity contribution is -0.0628. The first-order chi connectivity index (χ1) is 9.31. The number of ether oxygens (including phenoxy) is 2. The minimum Gasteiger partial charge on any atom is -0.495 e. The van der Waals surface area contributed by atoms with Crippen LogP contribution in [-0.2, 0) is 4.74 Å². The fraction of sp³-hybridized carbons (Fsp3) is 0.600. The molecule has 0 saturated carbocycles. The third-order valence-corrected chi connectivity index (χ3v) is 5.25. The van der Waals surface area contributed by atoms with Gasteiger partial charge in [0, 0.05) is 18.4 Å². The van der Waals surface area contributed by atoms with E-state index in [0.29, 0.717) is 6.04 Å². The Kier molecular flexibility index (Phi) is 3.89. The first kappa shape index (κ1) is 13.1. The van der Waals surface area contributed by atoms with E-state index in [2.05, 4.69) is 11.4 Å². The Morgan fingerprint density at radius 3 is 3.11 bits per heavy atom. The maximum atomic E-state index is 6.06. The Labute approximate surface area is 119 Å². The molecule has 3 rings (SSSR count). The van der Waals surface area contributed by atoms with Crippen molar-refractivity contribution in [1.82, 2.24) is 0 Å². The first-order valence-electron chi connectivity index (χ1n) is 6.93. The summed E-state index contributed by atoms with van der Waals surface area (Å²) in [4.78, 5) is 0. The van der Waals surface area contributed by atoms with Crippen molar-refractivity contribution in [3.63, 3.8) is 0 Å². The average molecular weight is 279 g/mol. The van der Waals surface area contributed by atoms with Gasteiger partial charge < -0.3 is 14.8 Å². The van der Waals surface area contributed by atoms with Gasteiger partial charge in [-0.3, -0.25) is 0 Å². The second-order valence-corrected chi connectivity index (χ2v) is 6.47. The van der Waals surface area contributed by atoms with Gasteiger partial charge in [0.25, 0.3) is 0 Å². The lowest BCUT2D eigenvalue weighted by Gasteiger charge is -2.38. The number of methoxy groups -OCH3 is 1. The van der Waals surface area contributed by atoms with Crippen molar-refractivity contribution < 1.29 is 9.47 Å². The van der Waals surface area contributed by atoms with Crippen molar-refractivity contribution in [2.45, 2.75) is 30.9 Å². The molecule has 19 heavy (non-hydrogen) atoms. The second-order valence-electron chi connectivity index (χ2n) is 5.37. The minimum absolute atomic E-state index is 0.128. The highest BCUT2D eigenvalue weighted by Crippen LogP contribution is 2.39. The molecule has 0 bridgehead atoms. The van der Waals surface area contributed by atoms with Crippen molar-refractivity contribution in [3.05, 3.63) is 24.3 Å². The molecule has 1 aromatic carbocycles. The van der Waals surface area contributed by atoms with E-state index >= 15 is 0 Å². The highest BCUT2D eigenvalue weighted by Gasteiger charge is 2.40. The summed E-state index contributed by atoms with van der Waals surface area (Å²) < 4.78 is 11.5. The van der Waals surface area contributed by atoms with Crippen LogP contribution >= 0.6 is 11.8 Å². The fourth-order valence-electron chi connectivity index (χ4n) is 3.00. The van der Waals surface area contributed by atoms with Crippen molar-refractivity contribution in [2.75, 3.05) is 30.5 Å². The molecular formula is C15H21NO2S. The predicted molar refractivity (Wildman–Crippen MR) is 80.3 cm³/mol. The third kappa shape index (κ3) is 2.84. The molecule has 1 N–H and O–H groups in total. The van der Waals surface area contributed by atoms with Crippen LogP contribution in [0, 0.1) is 0 Å².